The van der Waals surface area contributed by atoms with Crippen LogP contribution in [0.5, 0.6) is 11.5 Å². The zero-order chi connectivity index (χ0) is 35.0. The van der Waals surface area contributed by atoms with Crippen molar-refractivity contribution >= 4 is 34.7 Å². The number of methoxy groups -OCH3 is 1. The lowest BCUT2D eigenvalue weighted by atomic mass is 10.1. The van der Waals surface area contributed by atoms with Crippen molar-refractivity contribution < 1.29 is 28.6 Å². The number of halogens is 1. The number of aliphatic carboxylic acids is 1. The maximum absolute atomic E-state index is 12.6. The van der Waals surface area contributed by atoms with Crippen LogP contribution in [-0.4, -0.2) is 47.3 Å². The molecule has 1 heterocycles. The van der Waals surface area contributed by atoms with E-state index in [1.807, 2.05) is 49.4 Å². The molecule has 1 aromatic heterocycles. The maximum Gasteiger partial charge on any atom is 0.416 e. The fourth-order valence-corrected chi connectivity index (χ4v) is 4.83. The number of rotatable bonds is 11. The predicted octanol–water partition coefficient (Wildman–Crippen LogP) is 7.74. The first-order chi connectivity index (χ1) is 23.7. The van der Waals surface area contributed by atoms with E-state index in [0.29, 0.717) is 18.1 Å². The number of amides is 1. The average molecular weight is 772 g/mol. The van der Waals surface area contributed by atoms with E-state index >= 15 is 0 Å². The first-order valence-electron chi connectivity index (χ1n) is 15.6. The molecule has 0 aliphatic carbocycles. The number of hydrogen-bond donors (Lipinski definition) is 2. The van der Waals surface area contributed by atoms with Crippen LogP contribution < -0.4 is 14.8 Å². The SMILES string of the molecule is CCNCc1ccc(I)cc1.COc1ccc(OC(=O)N(CC(=O)O)Cc2ccc(C#CCc3nc(-c4ccccc4)oc3C)cc2)cc1. The minimum absolute atomic E-state index is 0.0649. The summed E-state index contributed by atoms with van der Waals surface area (Å²) in [6, 6.07) is 32.0. The molecule has 0 aliphatic rings. The number of benzene rings is 4. The van der Waals surface area contributed by atoms with Crippen molar-refractivity contribution in [3.8, 4) is 34.8 Å². The van der Waals surface area contributed by atoms with Crippen molar-refractivity contribution in [2.75, 3.05) is 20.2 Å². The Morgan fingerprint density at radius 1 is 0.918 bits per heavy atom. The van der Waals surface area contributed by atoms with E-state index in [1.54, 1.807) is 36.4 Å². The zero-order valence-electron chi connectivity index (χ0n) is 27.6. The standard InChI is InChI=1S/C30H26N2O6.C9H12IN/c1-21-27(31-29(37-21)24-8-4-3-5-9-24)10-6-7-22-11-13-23(14-12-22)19-32(20-28(33)34)30(35)38-26-17-15-25(36-2)16-18-26;1-2-11-7-8-3-5-9(10)6-4-8/h3-5,8-9,11-18H,10,19-20H2,1-2H3,(H,33,34);3-6,11H,2,7H2,1H3. The molecule has 0 saturated heterocycles. The Bertz CT molecular complexity index is 1850. The number of carboxylic acid groups (broad SMARTS) is 1. The summed E-state index contributed by atoms with van der Waals surface area (Å²) in [6.07, 6.45) is -0.327. The Kier molecular flexibility index (Phi) is 14.3. The molecule has 5 aromatic rings. The Morgan fingerprint density at radius 3 is 2.20 bits per heavy atom. The Hall–Kier alpha value is -5.12. The van der Waals surface area contributed by atoms with E-state index < -0.39 is 18.6 Å². The number of oxazole rings is 1. The number of nitrogens with one attached hydrogen (secondary N) is 1. The van der Waals surface area contributed by atoms with E-state index in [0.717, 1.165) is 46.1 Å². The molecule has 0 unspecified atom stereocenters. The van der Waals surface area contributed by atoms with Gasteiger partial charge in [0.2, 0.25) is 5.89 Å². The lowest BCUT2D eigenvalue weighted by Gasteiger charge is -2.20. The van der Waals surface area contributed by atoms with Gasteiger partial charge in [0.05, 0.1) is 19.2 Å². The van der Waals surface area contributed by atoms with Gasteiger partial charge in [0.15, 0.2) is 0 Å². The number of hydrogen-bond acceptors (Lipinski definition) is 7. The van der Waals surface area contributed by atoms with Gasteiger partial charge in [-0.25, -0.2) is 9.78 Å². The largest absolute Gasteiger partial charge is 0.497 e. The van der Waals surface area contributed by atoms with Gasteiger partial charge >= 0.3 is 12.1 Å². The predicted molar refractivity (Wildman–Crippen MR) is 197 cm³/mol. The molecule has 252 valence electrons. The highest BCUT2D eigenvalue weighted by Gasteiger charge is 2.19. The van der Waals surface area contributed by atoms with Crippen molar-refractivity contribution in [2.24, 2.45) is 0 Å². The molecule has 1 amide bonds. The summed E-state index contributed by atoms with van der Waals surface area (Å²) in [5.41, 5.74) is 4.57. The van der Waals surface area contributed by atoms with Crippen LogP contribution in [0.2, 0.25) is 0 Å². The molecule has 0 saturated carbocycles. The van der Waals surface area contributed by atoms with E-state index in [4.69, 9.17) is 13.9 Å². The second kappa shape index (κ2) is 19.0. The number of ether oxygens (including phenoxy) is 2. The van der Waals surface area contributed by atoms with E-state index in [1.165, 1.54) is 16.2 Å². The molecule has 5 rings (SSSR count). The number of carbonyl (C=O) groups excluding carboxylic acids is 1. The van der Waals surface area contributed by atoms with Crippen molar-refractivity contribution in [3.63, 3.8) is 0 Å². The van der Waals surface area contributed by atoms with Crippen molar-refractivity contribution in [1.82, 2.24) is 15.2 Å². The van der Waals surface area contributed by atoms with E-state index in [9.17, 15) is 14.7 Å². The third-order valence-electron chi connectivity index (χ3n) is 7.07. The number of aromatic nitrogens is 1. The molecule has 9 nitrogen and oxygen atoms in total. The van der Waals surface area contributed by atoms with Crippen LogP contribution in [-0.2, 0) is 24.3 Å². The summed E-state index contributed by atoms with van der Waals surface area (Å²) in [5.74, 6) is 7.29. The fourth-order valence-electron chi connectivity index (χ4n) is 4.47. The molecule has 2 N–H and O–H groups in total. The first-order valence-corrected chi connectivity index (χ1v) is 16.7. The lowest BCUT2D eigenvalue weighted by molar-refractivity contribution is -0.138. The quantitative estimate of drug-likeness (QED) is 0.104. The molecule has 4 aromatic carbocycles. The van der Waals surface area contributed by atoms with Crippen LogP contribution >= 0.6 is 22.6 Å². The van der Waals surface area contributed by atoms with Crippen LogP contribution in [0.25, 0.3) is 11.5 Å². The molecule has 0 aliphatic heterocycles. The topological polar surface area (TPSA) is 114 Å². The highest BCUT2D eigenvalue weighted by atomic mass is 127. The average Bonchev–Trinajstić information content (AvgIpc) is 3.49. The van der Waals surface area contributed by atoms with Crippen molar-refractivity contribution in [1.29, 1.82) is 0 Å². The van der Waals surface area contributed by atoms with Gasteiger partial charge in [-0.3, -0.25) is 9.69 Å². The van der Waals surface area contributed by atoms with Gasteiger partial charge in [-0.05, 0) is 108 Å². The summed E-state index contributed by atoms with van der Waals surface area (Å²) in [6.45, 7) is 5.56. The normalized spacial score (nSPS) is 10.2. The van der Waals surface area contributed by atoms with E-state index in [2.05, 4.69) is 75.9 Å². The van der Waals surface area contributed by atoms with Crippen LogP contribution in [0, 0.1) is 22.3 Å². The minimum Gasteiger partial charge on any atom is -0.497 e. The van der Waals surface area contributed by atoms with Crippen molar-refractivity contribution in [2.45, 2.75) is 33.4 Å². The van der Waals surface area contributed by atoms with Gasteiger partial charge in [-0.2, -0.15) is 0 Å². The third-order valence-corrected chi connectivity index (χ3v) is 7.79. The van der Waals surface area contributed by atoms with Crippen LogP contribution in [0.1, 0.15) is 35.1 Å². The maximum atomic E-state index is 12.6. The van der Waals surface area contributed by atoms with E-state index in [-0.39, 0.29) is 12.3 Å². The second-order valence-electron chi connectivity index (χ2n) is 10.8. The first kappa shape index (κ1) is 36.7. The second-order valence-corrected chi connectivity index (χ2v) is 12.0. The summed E-state index contributed by atoms with van der Waals surface area (Å²) in [4.78, 5) is 29.7. The zero-order valence-corrected chi connectivity index (χ0v) is 29.8. The molecule has 0 atom stereocenters. The fraction of sp³-hybridized carbons (Fsp3) is 0.205. The lowest BCUT2D eigenvalue weighted by Crippen LogP contribution is -2.37. The summed E-state index contributed by atoms with van der Waals surface area (Å²) in [7, 11) is 1.53. The minimum atomic E-state index is -1.14. The molecule has 0 radical (unpaired) electrons. The van der Waals surface area contributed by atoms with Gasteiger partial charge in [0.1, 0.15) is 23.8 Å². The number of aryl methyl sites for hydroxylation is 1. The summed E-state index contributed by atoms with van der Waals surface area (Å²) < 4.78 is 17.5. The summed E-state index contributed by atoms with van der Waals surface area (Å²) >= 11 is 2.31. The van der Waals surface area contributed by atoms with Gasteiger partial charge in [0.25, 0.3) is 0 Å². The van der Waals surface area contributed by atoms with Crippen LogP contribution in [0.4, 0.5) is 4.79 Å². The molecule has 49 heavy (non-hydrogen) atoms. The van der Waals surface area contributed by atoms with Crippen molar-refractivity contribution in [3.05, 3.63) is 135 Å². The van der Waals surface area contributed by atoms with Crippen LogP contribution in [0.3, 0.4) is 0 Å². The molecule has 0 spiro atoms. The number of nitrogens with zero attached hydrogens (tertiary/aromatic N) is 2. The molecular formula is C39H38IN3O6. The third kappa shape index (κ3) is 12.1. The van der Waals surface area contributed by atoms with Gasteiger partial charge < -0.3 is 24.3 Å². The monoisotopic (exact) mass is 771 g/mol. The van der Waals surface area contributed by atoms with Gasteiger partial charge in [-0.15, -0.1) is 0 Å². The van der Waals surface area contributed by atoms with Gasteiger partial charge in [0, 0.05) is 27.8 Å². The summed E-state index contributed by atoms with van der Waals surface area (Å²) in [5, 5.41) is 12.6. The Balaban J connectivity index is 0.000000418. The Labute approximate surface area is 300 Å². The number of carbonyl (C=O) groups is 2. The smallest absolute Gasteiger partial charge is 0.416 e. The molecule has 10 heteroatoms. The highest BCUT2D eigenvalue weighted by molar-refractivity contribution is 14.1. The molecule has 0 bridgehead atoms. The van der Waals surface area contributed by atoms with Crippen LogP contribution in [0.15, 0.2) is 108 Å². The van der Waals surface area contributed by atoms with Gasteiger partial charge in [-0.1, -0.05) is 61.2 Å². The highest BCUT2D eigenvalue weighted by Crippen LogP contribution is 2.22. The molecule has 0 fully saturated rings. The number of carboxylic acids is 1. The molecular weight excluding hydrogens is 733 g/mol. The Morgan fingerprint density at radius 2 is 1.57 bits per heavy atom.